The maximum atomic E-state index is 11.5. The van der Waals surface area contributed by atoms with Crippen molar-refractivity contribution >= 4 is 15.8 Å². The van der Waals surface area contributed by atoms with Crippen LogP contribution in [0.15, 0.2) is 52.4 Å². The maximum absolute atomic E-state index is 11.5. The number of ether oxygens (including phenoxy) is 1. The molecule has 0 aliphatic heterocycles. The van der Waals surface area contributed by atoms with Crippen molar-refractivity contribution in [1.82, 2.24) is 10.6 Å². The van der Waals surface area contributed by atoms with Gasteiger partial charge in [0.25, 0.3) is 0 Å². The molecule has 0 spiro atoms. The topological polar surface area (TPSA) is 79.8 Å². The van der Waals surface area contributed by atoms with Crippen molar-refractivity contribution in [1.29, 1.82) is 0 Å². The number of guanidine groups is 1. The van der Waals surface area contributed by atoms with Gasteiger partial charge in [-0.25, -0.2) is 8.42 Å². The van der Waals surface area contributed by atoms with Crippen molar-refractivity contribution in [3.63, 3.8) is 0 Å². The molecular weight excluding hydrogens is 374 g/mol. The highest BCUT2D eigenvalue weighted by Crippen LogP contribution is 2.15. The Bertz CT molecular complexity index is 887. The highest BCUT2D eigenvalue weighted by atomic mass is 32.2. The highest BCUT2D eigenvalue weighted by Gasteiger charge is 2.06. The Morgan fingerprint density at radius 2 is 1.61 bits per heavy atom. The molecule has 152 valence electrons. The minimum atomic E-state index is -3.19. The van der Waals surface area contributed by atoms with Gasteiger partial charge in [0.2, 0.25) is 0 Å². The molecule has 0 aliphatic rings. The lowest BCUT2D eigenvalue weighted by atomic mass is 10.1. The van der Waals surface area contributed by atoms with Crippen molar-refractivity contribution in [2.24, 2.45) is 4.99 Å². The van der Waals surface area contributed by atoms with Crippen LogP contribution in [0.4, 0.5) is 0 Å². The van der Waals surface area contributed by atoms with Gasteiger partial charge < -0.3 is 15.4 Å². The molecule has 28 heavy (non-hydrogen) atoms. The zero-order chi connectivity index (χ0) is 20.6. The molecule has 2 rings (SSSR count). The third-order valence-electron chi connectivity index (χ3n) is 4.13. The number of nitrogens with zero attached hydrogens (tertiary/aromatic N) is 1. The molecule has 0 radical (unpaired) electrons. The van der Waals surface area contributed by atoms with Gasteiger partial charge >= 0.3 is 0 Å². The molecule has 0 saturated heterocycles. The summed E-state index contributed by atoms with van der Waals surface area (Å²) in [5, 5.41) is 6.50. The highest BCUT2D eigenvalue weighted by molar-refractivity contribution is 7.90. The van der Waals surface area contributed by atoms with E-state index in [1.165, 1.54) is 22.9 Å². The molecule has 0 atom stereocenters. The molecule has 2 N–H and O–H groups in total. The van der Waals surface area contributed by atoms with Crippen LogP contribution in [0.25, 0.3) is 0 Å². The lowest BCUT2D eigenvalue weighted by molar-refractivity contribution is 0.321. The predicted molar refractivity (Wildman–Crippen MR) is 114 cm³/mol. The van der Waals surface area contributed by atoms with Crippen LogP contribution in [0.1, 0.15) is 16.7 Å². The van der Waals surface area contributed by atoms with Crippen molar-refractivity contribution < 1.29 is 13.2 Å². The zero-order valence-electron chi connectivity index (χ0n) is 17.0. The molecule has 7 heteroatoms. The quantitative estimate of drug-likeness (QED) is 0.402. The average Bonchev–Trinajstić information content (AvgIpc) is 2.62. The number of hydrogen-bond acceptors (Lipinski definition) is 4. The Kier molecular flexibility index (Phi) is 7.87. The van der Waals surface area contributed by atoms with E-state index < -0.39 is 9.84 Å². The molecule has 0 aliphatic carbocycles. The molecule has 0 bridgehead atoms. The van der Waals surface area contributed by atoms with Crippen molar-refractivity contribution in [2.75, 3.05) is 33.0 Å². The van der Waals surface area contributed by atoms with E-state index in [2.05, 4.69) is 47.7 Å². The SMILES string of the molecule is CN=C(NCCOc1ccc(S(C)(=O)=O)cc1)NCCc1cc(C)cc(C)c1. The van der Waals surface area contributed by atoms with Crippen LogP contribution in [0, 0.1) is 13.8 Å². The lowest BCUT2D eigenvalue weighted by Crippen LogP contribution is -2.40. The first-order valence-electron chi connectivity index (χ1n) is 9.22. The summed E-state index contributed by atoms with van der Waals surface area (Å²) in [6.45, 7) is 6.03. The number of hydrogen-bond donors (Lipinski definition) is 2. The van der Waals surface area contributed by atoms with Gasteiger partial charge in [0.1, 0.15) is 12.4 Å². The average molecular weight is 404 g/mol. The van der Waals surface area contributed by atoms with Gasteiger partial charge in [0, 0.05) is 19.8 Å². The molecule has 2 aromatic carbocycles. The van der Waals surface area contributed by atoms with Crippen molar-refractivity contribution in [3.8, 4) is 5.75 Å². The number of nitrogens with one attached hydrogen (secondary N) is 2. The second-order valence-electron chi connectivity index (χ2n) is 6.76. The van der Waals surface area contributed by atoms with Gasteiger partial charge in [-0.05, 0) is 50.1 Å². The Morgan fingerprint density at radius 1 is 1.00 bits per heavy atom. The van der Waals surface area contributed by atoms with Crippen molar-refractivity contribution in [3.05, 3.63) is 59.2 Å². The molecule has 0 amide bonds. The minimum Gasteiger partial charge on any atom is -0.492 e. The fourth-order valence-electron chi connectivity index (χ4n) is 2.88. The van der Waals surface area contributed by atoms with E-state index in [1.54, 1.807) is 31.3 Å². The second kappa shape index (κ2) is 10.1. The zero-order valence-corrected chi connectivity index (χ0v) is 17.8. The number of aryl methyl sites for hydroxylation is 2. The van der Waals surface area contributed by atoms with Gasteiger partial charge in [-0.15, -0.1) is 0 Å². The van der Waals surface area contributed by atoms with Crippen LogP contribution in [0.5, 0.6) is 5.75 Å². The van der Waals surface area contributed by atoms with Crippen LogP contribution in [-0.4, -0.2) is 47.4 Å². The predicted octanol–water partition coefficient (Wildman–Crippen LogP) is 2.49. The van der Waals surface area contributed by atoms with E-state index >= 15 is 0 Å². The van der Waals surface area contributed by atoms with Gasteiger partial charge in [0.05, 0.1) is 11.4 Å². The van der Waals surface area contributed by atoms with Crippen LogP contribution >= 0.6 is 0 Å². The van der Waals surface area contributed by atoms with E-state index in [0.29, 0.717) is 18.9 Å². The number of rotatable bonds is 8. The minimum absolute atomic E-state index is 0.284. The van der Waals surface area contributed by atoms with E-state index in [4.69, 9.17) is 4.74 Å². The number of aliphatic imine (C=N–C) groups is 1. The van der Waals surface area contributed by atoms with Crippen molar-refractivity contribution in [2.45, 2.75) is 25.2 Å². The Balaban J connectivity index is 1.71. The second-order valence-corrected chi connectivity index (χ2v) is 8.78. The van der Waals surface area contributed by atoms with Gasteiger partial charge in [-0.2, -0.15) is 0 Å². The molecule has 2 aromatic rings. The third kappa shape index (κ3) is 7.23. The first-order valence-corrected chi connectivity index (χ1v) is 11.1. The summed E-state index contributed by atoms with van der Waals surface area (Å²) in [6.07, 6.45) is 2.11. The van der Waals surface area contributed by atoms with E-state index in [1.807, 2.05) is 0 Å². The summed E-state index contributed by atoms with van der Waals surface area (Å²) < 4.78 is 28.5. The van der Waals surface area contributed by atoms with E-state index in [-0.39, 0.29) is 4.90 Å². The van der Waals surface area contributed by atoms with Crippen LogP contribution in [0.3, 0.4) is 0 Å². The smallest absolute Gasteiger partial charge is 0.191 e. The maximum Gasteiger partial charge on any atom is 0.191 e. The lowest BCUT2D eigenvalue weighted by Gasteiger charge is -2.13. The monoisotopic (exact) mass is 403 g/mol. The van der Waals surface area contributed by atoms with Gasteiger partial charge in [-0.3, -0.25) is 4.99 Å². The Labute approximate surface area is 168 Å². The van der Waals surface area contributed by atoms with Gasteiger partial charge in [-0.1, -0.05) is 29.3 Å². The third-order valence-corrected chi connectivity index (χ3v) is 5.25. The van der Waals surface area contributed by atoms with Crippen LogP contribution in [-0.2, 0) is 16.3 Å². The van der Waals surface area contributed by atoms with E-state index in [9.17, 15) is 8.42 Å². The summed E-state index contributed by atoms with van der Waals surface area (Å²) in [6, 6.07) is 13.0. The fraction of sp³-hybridized carbons (Fsp3) is 0.381. The normalized spacial score (nSPS) is 11.9. The molecule has 0 unspecified atom stereocenters. The van der Waals surface area contributed by atoms with Gasteiger partial charge in [0.15, 0.2) is 15.8 Å². The molecule has 0 fully saturated rings. The van der Waals surface area contributed by atoms with Crippen LogP contribution < -0.4 is 15.4 Å². The molecule has 6 nitrogen and oxygen atoms in total. The largest absolute Gasteiger partial charge is 0.492 e. The summed E-state index contributed by atoms with van der Waals surface area (Å²) in [5.41, 5.74) is 3.86. The summed E-state index contributed by atoms with van der Waals surface area (Å²) in [5.74, 6) is 1.35. The molecule has 0 saturated carbocycles. The Morgan fingerprint density at radius 3 is 2.18 bits per heavy atom. The number of sulfone groups is 1. The summed E-state index contributed by atoms with van der Waals surface area (Å²) >= 11 is 0. The molecule has 0 aromatic heterocycles. The van der Waals surface area contributed by atoms with E-state index in [0.717, 1.165) is 18.9 Å². The Hall–Kier alpha value is -2.54. The molecule has 0 heterocycles. The fourth-order valence-corrected chi connectivity index (χ4v) is 3.51. The summed E-state index contributed by atoms with van der Waals surface area (Å²) in [4.78, 5) is 4.49. The standard InChI is InChI=1S/C21H29N3O3S/c1-16-13-17(2)15-18(14-16)9-10-23-21(22-3)24-11-12-27-19-5-7-20(8-6-19)28(4,25)26/h5-8,13-15H,9-12H2,1-4H3,(H2,22,23,24). The summed E-state index contributed by atoms with van der Waals surface area (Å²) in [7, 11) is -1.45. The van der Waals surface area contributed by atoms with Crippen LogP contribution in [0.2, 0.25) is 0 Å². The number of benzene rings is 2. The molecular formula is C21H29N3O3S. The first kappa shape index (κ1) is 21.8. The first-order chi connectivity index (χ1) is 13.3.